The Labute approximate surface area is 144 Å². The third kappa shape index (κ3) is 3.67. The van der Waals surface area contributed by atoms with E-state index >= 15 is 0 Å². The van der Waals surface area contributed by atoms with Crippen molar-refractivity contribution in [3.8, 4) is 11.8 Å². The van der Waals surface area contributed by atoms with Gasteiger partial charge in [0.25, 0.3) is 0 Å². The van der Waals surface area contributed by atoms with Gasteiger partial charge in [0, 0.05) is 0 Å². The van der Waals surface area contributed by atoms with Crippen LogP contribution in [0, 0.1) is 11.3 Å². The molecular formula is C19H14N3O3-. The van der Waals surface area contributed by atoms with Gasteiger partial charge in [-0.05, 0) is 42.8 Å². The van der Waals surface area contributed by atoms with Crippen molar-refractivity contribution in [1.82, 2.24) is 9.97 Å². The second-order valence-corrected chi connectivity index (χ2v) is 5.42. The van der Waals surface area contributed by atoms with Crippen LogP contribution in [-0.2, 0) is 4.79 Å². The van der Waals surface area contributed by atoms with Crippen molar-refractivity contribution in [2.45, 2.75) is 13.0 Å². The SMILES string of the molecule is C[C@H](Oc1ccc(/C=C(/C#N)c2nc3ccccc3[nH]2)cc1)C(=O)[O-]. The number of benzene rings is 2. The fourth-order valence-corrected chi connectivity index (χ4v) is 2.30. The predicted molar refractivity (Wildman–Crippen MR) is 91.1 cm³/mol. The molecule has 0 aliphatic carbocycles. The number of para-hydroxylation sites is 2. The number of allylic oxidation sites excluding steroid dienone is 1. The second kappa shape index (κ2) is 6.89. The molecule has 0 saturated carbocycles. The molecule has 0 bridgehead atoms. The molecule has 1 aromatic heterocycles. The maximum Gasteiger partial charge on any atom is 0.149 e. The average Bonchev–Trinajstić information content (AvgIpc) is 3.04. The highest BCUT2D eigenvalue weighted by molar-refractivity contribution is 5.90. The summed E-state index contributed by atoms with van der Waals surface area (Å²) >= 11 is 0. The smallest absolute Gasteiger partial charge is 0.149 e. The molecule has 0 aliphatic heterocycles. The lowest BCUT2D eigenvalue weighted by Crippen LogP contribution is -2.37. The van der Waals surface area contributed by atoms with E-state index in [1.54, 1.807) is 30.3 Å². The minimum absolute atomic E-state index is 0.396. The van der Waals surface area contributed by atoms with E-state index in [9.17, 15) is 15.2 Å². The number of imidazole rings is 1. The molecule has 6 heteroatoms. The summed E-state index contributed by atoms with van der Waals surface area (Å²) in [4.78, 5) is 18.2. The number of carboxylic acids is 1. The number of hydrogen-bond donors (Lipinski definition) is 1. The molecule has 0 amide bonds. The van der Waals surface area contributed by atoms with Crippen LogP contribution in [0.15, 0.2) is 48.5 Å². The van der Waals surface area contributed by atoms with Crippen molar-refractivity contribution in [2.24, 2.45) is 0 Å². The fourth-order valence-electron chi connectivity index (χ4n) is 2.30. The Kier molecular flexibility index (Phi) is 4.48. The number of nitriles is 1. The zero-order valence-corrected chi connectivity index (χ0v) is 13.4. The maximum absolute atomic E-state index is 10.7. The van der Waals surface area contributed by atoms with Crippen LogP contribution in [-0.4, -0.2) is 22.0 Å². The van der Waals surface area contributed by atoms with Gasteiger partial charge < -0.3 is 19.6 Å². The van der Waals surface area contributed by atoms with Crippen molar-refractivity contribution >= 4 is 28.7 Å². The number of ether oxygens (including phenoxy) is 1. The van der Waals surface area contributed by atoms with Gasteiger partial charge in [-0.25, -0.2) is 4.98 Å². The molecule has 3 rings (SSSR count). The van der Waals surface area contributed by atoms with Gasteiger partial charge in [0.05, 0.1) is 22.6 Å². The summed E-state index contributed by atoms with van der Waals surface area (Å²) in [6, 6.07) is 16.4. The van der Waals surface area contributed by atoms with Crippen LogP contribution in [0.5, 0.6) is 5.75 Å². The minimum Gasteiger partial charge on any atom is -0.546 e. The molecule has 1 heterocycles. The van der Waals surface area contributed by atoms with Gasteiger partial charge in [0.15, 0.2) is 0 Å². The molecule has 0 radical (unpaired) electrons. The molecule has 2 aromatic carbocycles. The summed E-state index contributed by atoms with van der Waals surface area (Å²) < 4.78 is 5.22. The van der Waals surface area contributed by atoms with Crippen molar-refractivity contribution in [1.29, 1.82) is 5.26 Å². The molecule has 1 N–H and O–H groups in total. The summed E-state index contributed by atoms with van der Waals surface area (Å²) in [5.74, 6) is -0.369. The summed E-state index contributed by atoms with van der Waals surface area (Å²) in [6.07, 6.45) is 0.663. The second-order valence-electron chi connectivity index (χ2n) is 5.42. The van der Waals surface area contributed by atoms with Crippen molar-refractivity contribution < 1.29 is 14.6 Å². The number of rotatable bonds is 5. The maximum atomic E-state index is 10.7. The molecular weight excluding hydrogens is 318 g/mol. The van der Waals surface area contributed by atoms with E-state index < -0.39 is 12.1 Å². The van der Waals surface area contributed by atoms with Crippen LogP contribution in [0.4, 0.5) is 0 Å². The quantitative estimate of drug-likeness (QED) is 0.721. The monoisotopic (exact) mass is 332 g/mol. The fraction of sp³-hybridized carbons (Fsp3) is 0.105. The number of carbonyl (C=O) groups excluding carboxylic acids is 1. The first kappa shape index (κ1) is 16.3. The number of hydrogen-bond acceptors (Lipinski definition) is 5. The van der Waals surface area contributed by atoms with Crippen LogP contribution >= 0.6 is 0 Å². The van der Waals surface area contributed by atoms with E-state index in [2.05, 4.69) is 16.0 Å². The molecule has 124 valence electrons. The van der Waals surface area contributed by atoms with Crippen molar-refractivity contribution in [3.05, 3.63) is 59.9 Å². The number of carboxylic acid groups (broad SMARTS) is 1. The van der Waals surface area contributed by atoms with Crippen LogP contribution in [0.3, 0.4) is 0 Å². The van der Waals surface area contributed by atoms with Gasteiger partial charge >= 0.3 is 0 Å². The molecule has 3 aromatic rings. The summed E-state index contributed by atoms with van der Waals surface area (Å²) in [5, 5.41) is 20.1. The van der Waals surface area contributed by atoms with E-state index in [0.717, 1.165) is 16.6 Å². The predicted octanol–water partition coefficient (Wildman–Crippen LogP) is 2.14. The molecule has 0 fully saturated rings. The number of fused-ring (bicyclic) bond motifs is 1. The Morgan fingerprint density at radius 3 is 2.64 bits per heavy atom. The number of H-pyrrole nitrogens is 1. The third-order valence-corrected chi connectivity index (χ3v) is 3.60. The number of nitrogens with one attached hydrogen (secondary N) is 1. The summed E-state index contributed by atoms with van der Waals surface area (Å²) in [5.41, 5.74) is 2.82. The minimum atomic E-state index is -1.28. The average molecular weight is 332 g/mol. The lowest BCUT2D eigenvalue weighted by atomic mass is 10.1. The first-order valence-corrected chi connectivity index (χ1v) is 7.61. The Hall–Kier alpha value is -3.59. The first-order chi connectivity index (χ1) is 12.1. The van der Waals surface area contributed by atoms with E-state index in [0.29, 0.717) is 17.1 Å². The van der Waals surface area contributed by atoms with E-state index in [4.69, 9.17) is 4.74 Å². The zero-order chi connectivity index (χ0) is 17.8. The van der Waals surface area contributed by atoms with Gasteiger partial charge in [0.2, 0.25) is 0 Å². The highest BCUT2D eigenvalue weighted by atomic mass is 16.5. The Bertz CT molecular complexity index is 948. The molecule has 1 atom stereocenters. The van der Waals surface area contributed by atoms with Crippen LogP contribution in [0.2, 0.25) is 0 Å². The Balaban J connectivity index is 1.85. The number of aromatic amines is 1. The zero-order valence-electron chi connectivity index (χ0n) is 13.4. The Morgan fingerprint density at radius 2 is 2.00 bits per heavy atom. The first-order valence-electron chi connectivity index (χ1n) is 7.61. The van der Waals surface area contributed by atoms with Gasteiger partial charge in [-0.15, -0.1) is 0 Å². The van der Waals surface area contributed by atoms with Crippen molar-refractivity contribution in [3.63, 3.8) is 0 Å². The van der Waals surface area contributed by atoms with E-state index in [1.807, 2.05) is 24.3 Å². The molecule has 0 unspecified atom stereocenters. The number of nitrogens with zero attached hydrogens (tertiary/aromatic N) is 2. The molecule has 0 spiro atoms. The van der Waals surface area contributed by atoms with Crippen molar-refractivity contribution in [2.75, 3.05) is 0 Å². The van der Waals surface area contributed by atoms with Gasteiger partial charge in [-0.2, -0.15) is 5.26 Å². The Morgan fingerprint density at radius 1 is 1.28 bits per heavy atom. The molecule has 6 nitrogen and oxygen atoms in total. The highest BCUT2D eigenvalue weighted by Gasteiger charge is 2.08. The lowest BCUT2D eigenvalue weighted by Gasteiger charge is -2.15. The van der Waals surface area contributed by atoms with Crippen LogP contribution < -0.4 is 9.84 Å². The topological polar surface area (TPSA) is 102 Å². The summed E-state index contributed by atoms with van der Waals surface area (Å²) in [7, 11) is 0. The van der Waals surface area contributed by atoms with Crippen LogP contribution in [0.25, 0.3) is 22.7 Å². The van der Waals surface area contributed by atoms with E-state index in [1.165, 1.54) is 6.92 Å². The van der Waals surface area contributed by atoms with E-state index in [-0.39, 0.29) is 0 Å². The molecule has 0 aliphatic rings. The largest absolute Gasteiger partial charge is 0.546 e. The lowest BCUT2D eigenvalue weighted by molar-refractivity contribution is -0.312. The number of aromatic nitrogens is 2. The van der Waals surface area contributed by atoms with Gasteiger partial charge in [-0.1, -0.05) is 24.3 Å². The third-order valence-electron chi connectivity index (χ3n) is 3.60. The number of aliphatic carboxylic acids is 1. The van der Waals surface area contributed by atoms with Gasteiger partial charge in [-0.3, -0.25) is 0 Å². The number of carbonyl (C=O) groups is 1. The molecule has 25 heavy (non-hydrogen) atoms. The molecule has 0 saturated heterocycles. The standard InChI is InChI=1S/C19H15N3O3/c1-12(19(23)24)25-15-8-6-13(7-9-15)10-14(11-20)18-21-16-4-2-3-5-17(16)22-18/h2-10,12H,1H3,(H,21,22)(H,23,24)/p-1/b14-10-/t12-/m0/s1. The summed E-state index contributed by atoms with van der Waals surface area (Å²) in [6.45, 7) is 1.40. The van der Waals surface area contributed by atoms with Gasteiger partial charge in [0.1, 0.15) is 23.7 Å². The highest BCUT2D eigenvalue weighted by Crippen LogP contribution is 2.21. The van der Waals surface area contributed by atoms with Crippen LogP contribution in [0.1, 0.15) is 18.3 Å². The normalized spacial score (nSPS) is 12.6.